The molecule has 13 heteroatoms. The van der Waals surface area contributed by atoms with Gasteiger partial charge < -0.3 is 15.7 Å². The number of hydrogen-bond donors (Lipinski definition) is 3. The van der Waals surface area contributed by atoms with Crippen LogP contribution in [-0.2, 0) is 19.4 Å². The van der Waals surface area contributed by atoms with Gasteiger partial charge in [-0.15, -0.1) is 0 Å². The van der Waals surface area contributed by atoms with E-state index in [0.29, 0.717) is 23.4 Å². The zero-order valence-electron chi connectivity index (χ0n) is 23.9. The first kappa shape index (κ1) is 30.5. The summed E-state index contributed by atoms with van der Waals surface area (Å²) in [5, 5.41) is 19.5. The van der Waals surface area contributed by atoms with E-state index in [1.807, 2.05) is 0 Å². The average molecular weight is 644 g/mol. The molecular formula is C33H24ClF2N5O5. The number of aryl methyl sites for hydroxylation is 1. The van der Waals surface area contributed by atoms with Crippen molar-refractivity contribution in [2.24, 2.45) is 0 Å². The maximum atomic E-state index is 13.7. The average Bonchev–Trinajstić information content (AvgIpc) is 3.66. The molecule has 0 radical (unpaired) electrons. The quantitative estimate of drug-likeness (QED) is 0.189. The van der Waals surface area contributed by atoms with Gasteiger partial charge in [0.1, 0.15) is 11.4 Å². The number of ketones is 1. The number of fused-ring (bicyclic) bond motifs is 2. The minimum Gasteiger partial charge on any atom is -0.478 e. The number of carboxylic acid groups (broad SMARTS) is 1. The Bertz CT molecular complexity index is 2060. The molecule has 232 valence electrons. The van der Waals surface area contributed by atoms with Gasteiger partial charge in [0, 0.05) is 24.1 Å². The van der Waals surface area contributed by atoms with E-state index in [1.54, 1.807) is 36.4 Å². The summed E-state index contributed by atoms with van der Waals surface area (Å²) in [4.78, 5) is 56.2. The van der Waals surface area contributed by atoms with Crippen LogP contribution < -0.4 is 10.6 Å². The second-order valence-corrected chi connectivity index (χ2v) is 11.1. The Kier molecular flexibility index (Phi) is 8.29. The number of carbonyl (C=O) groups excluding carboxylic acids is 3. The number of carboxylic acids is 1. The number of rotatable bonds is 9. The van der Waals surface area contributed by atoms with Crippen molar-refractivity contribution in [2.45, 2.75) is 31.8 Å². The van der Waals surface area contributed by atoms with Gasteiger partial charge in [0.25, 0.3) is 11.8 Å². The topological polar surface area (TPSA) is 143 Å². The Morgan fingerprint density at radius 3 is 2.54 bits per heavy atom. The van der Waals surface area contributed by atoms with E-state index < -0.39 is 41.2 Å². The molecule has 6 rings (SSSR count). The Balaban J connectivity index is 1.33. The molecule has 1 aliphatic carbocycles. The Labute approximate surface area is 265 Å². The smallest absolute Gasteiger partial charge is 0.335 e. The first-order chi connectivity index (χ1) is 22.1. The molecule has 0 saturated heterocycles. The minimum atomic E-state index is -1.07. The zero-order valence-corrected chi connectivity index (χ0v) is 24.6. The van der Waals surface area contributed by atoms with Gasteiger partial charge in [-0.05, 0) is 65.4 Å². The van der Waals surface area contributed by atoms with Gasteiger partial charge in [-0.25, -0.2) is 23.1 Å². The molecule has 0 bridgehead atoms. The number of nitrogens with zero attached hydrogens (tertiary/aromatic N) is 3. The Hall–Kier alpha value is -5.49. The highest BCUT2D eigenvalue weighted by molar-refractivity contribution is 6.31. The van der Waals surface area contributed by atoms with Crippen LogP contribution in [0.5, 0.6) is 0 Å². The van der Waals surface area contributed by atoms with Gasteiger partial charge in [0.05, 0.1) is 23.4 Å². The SMILES string of the molecule is O=C(O)c1ccc2c(c1)CC[C@@H]2NC(=O)c1cc(C(=O)NCc2ccc(F)c(F)c2)nc2c(C(=O)Cc3ccccc3Cl)cnn12. The predicted molar refractivity (Wildman–Crippen MR) is 162 cm³/mol. The van der Waals surface area contributed by atoms with Crippen molar-refractivity contribution in [3.63, 3.8) is 0 Å². The lowest BCUT2D eigenvalue weighted by Gasteiger charge is -2.15. The number of Topliss-reactive ketones (excluding diaryl/α,β-unsaturated/α-hetero) is 1. The lowest BCUT2D eigenvalue weighted by Crippen LogP contribution is -2.31. The standard InChI is InChI=1S/C33H24ClF2N5O5/c34-23-4-2-1-3-19(23)13-29(42)22-16-38-41-28(32(44)40-26-10-7-18-12-20(33(45)46)6-8-21(18)26)14-27(39-30(22)41)31(43)37-15-17-5-9-24(35)25(36)11-17/h1-6,8-9,11-12,14,16,26H,7,10,13,15H2,(H,37,43)(H,40,44)(H,45,46)/t26-/m0/s1. The van der Waals surface area contributed by atoms with Gasteiger partial charge in [0.15, 0.2) is 23.1 Å². The number of aromatic nitrogens is 3. The second-order valence-electron chi connectivity index (χ2n) is 10.7. The molecule has 0 unspecified atom stereocenters. The highest BCUT2D eigenvalue weighted by Gasteiger charge is 2.28. The number of halogens is 3. The lowest BCUT2D eigenvalue weighted by molar-refractivity contribution is 0.0695. The predicted octanol–water partition coefficient (Wildman–Crippen LogP) is 5.13. The van der Waals surface area contributed by atoms with Gasteiger partial charge in [-0.3, -0.25) is 14.4 Å². The Morgan fingerprint density at radius 1 is 0.978 bits per heavy atom. The van der Waals surface area contributed by atoms with E-state index in [4.69, 9.17) is 11.6 Å². The molecule has 0 fully saturated rings. The van der Waals surface area contributed by atoms with Crippen LogP contribution in [0.15, 0.2) is 72.9 Å². The minimum absolute atomic E-state index is 0.0411. The molecular weight excluding hydrogens is 620 g/mol. The number of amides is 2. The van der Waals surface area contributed by atoms with Crippen LogP contribution >= 0.6 is 11.6 Å². The van der Waals surface area contributed by atoms with E-state index in [2.05, 4.69) is 20.7 Å². The number of hydrogen-bond acceptors (Lipinski definition) is 6. The summed E-state index contributed by atoms with van der Waals surface area (Å²) in [6, 6.07) is 15.5. The van der Waals surface area contributed by atoms with Crippen molar-refractivity contribution in [3.8, 4) is 0 Å². The summed E-state index contributed by atoms with van der Waals surface area (Å²) in [7, 11) is 0. The van der Waals surface area contributed by atoms with Gasteiger partial charge in [-0.2, -0.15) is 5.10 Å². The maximum absolute atomic E-state index is 13.7. The van der Waals surface area contributed by atoms with E-state index in [-0.39, 0.29) is 46.7 Å². The third kappa shape index (κ3) is 6.07. The van der Waals surface area contributed by atoms with Crippen LogP contribution in [0.25, 0.3) is 5.65 Å². The lowest BCUT2D eigenvalue weighted by atomic mass is 10.0. The molecule has 2 aromatic heterocycles. The molecule has 2 amide bonds. The zero-order chi connectivity index (χ0) is 32.5. The summed E-state index contributed by atoms with van der Waals surface area (Å²) >= 11 is 6.26. The summed E-state index contributed by atoms with van der Waals surface area (Å²) in [6.07, 6.45) is 2.24. The molecule has 1 atom stereocenters. The molecule has 46 heavy (non-hydrogen) atoms. The molecule has 2 heterocycles. The van der Waals surface area contributed by atoms with E-state index in [1.165, 1.54) is 28.9 Å². The summed E-state index contributed by atoms with van der Waals surface area (Å²) in [5.41, 5.74) is 2.28. The van der Waals surface area contributed by atoms with Gasteiger partial charge in [-0.1, -0.05) is 41.9 Å². The van der Waals surface area contributed by atoms with Crippen molar-refractivity contribution in [3.05, 3.63) is 134 Å². The fourth-order valence-electron chi connectivity index (χ4n) is 5.40. The highest BCUT2D eigenvalue weighted by atomic mass is 35.5. The summed E-state index contributed by atoms with van der Waals surface area (Å²) < 4.78 is 28.2. The molecule has 3 aromatic carbocycles. The molecule has 1 aliphatic rings. The van der Waals surface area contributed by atoms with Crippen molar-refractivity contribution < 1.29 is 33.1 Å². The fourth-order valence-corrected chi connectivity index (χ4v) is 5.61. The maximum Gasteiger partial charge on any atom is 0.335 e. The molecule has 5 aromatic rings. The Morgan fingerprint density at radius 2 is 1.78 bits per heavy atom. The number of carbonyl (C=O) groups is 4. The van der Waals surface area contributed by atoms with Crippen molar-refractivity contribution in [2.75, 3.05) is 0 Å². The van der Waals surface area contributed by atoms with Crippen LogP contribution in [0.4, 0.5) is 8.78 Å². The fraction of sp³-hybridized carbons (Fsp3) is 0.152. The summed E-state index contributed by atoms with van der Waals surface area (Å²) in [6.45, 7) is -0.167. The normalized spacial score (nSPS) is 13.8. The number of aromatic carboxylic acids is 1. The van der Waals surface area contributed by atoms with Crippen molar-refractivity contribution >= 4 is 40.8 Å². The third-order valence-corrected chi connectivity index (χ3v) is 8.13. The molecule has 0 aliphatic heterocycles. The molecule has 0 saturated carbocycles. The van der Waals surface area contributed by atoms with E-state index in [9.17, 15) is 33.1 Å². The van der Waals surface area contributed by atoms with E-state index >= 15 is 0 Å². The summed E-state index contributed by atoms with van der Waals surface area (Å²) in [5.74, 6) is -4.91. The van der Waals surface area contributed by atoms with Crippen LogP contribution in [0.2, 0.25) is 5.02 Å². The molecule has 0 spiro atoms. The van der Waals surface area contributed by atoms with Crippen molar-refractivity contribution in [1.82, 2.24) is 25.2 Å². The largest absolute Gasteiger partial charge is 0.478 e. The van der Waals surface area contributed by atoms with Crippen LogP contribution in [-0.4, -0.2) is 43.3 Å². The number of benzene rings is 3. The monoisotopic (exact) mass is 643 g/mol. The molecule has 10 nitrogen and oxygen atoms in total. The molecule has 3 N–H and O–H groups in total. The third-order valence-electron chi connectivity index (χ3n) is 7.76. The number of nitrogens with one attached hydrogen (secondary N) is 2. The van der Waals surface area contributed by atoms with Crippen molar-refractivity contribution in [1.29, 1.82) is 0 Å². The van der Waals surface area contributed by atoms with Gasteiger partial charge >= 0.3 is 5.97 Å². The van der Waals surface area contributed by atoms with Crippen LogP contribution in [0.1, 0.15) is 76.4 Å². The highest BCUT2D eigenvalue weighted by Crippen LogP contribution is 2.32. The van der Waals surface area contributed by atoms with Crippen LogP contribution in [0, 0.1) is 11.6 Å². The first-order valence-electron chi connectivity index (χ1n) is 14.1. The van der Waals surface area contributed by atoms with E-state index in [0.717, 1.165) is 23.3 Å². The van der Waals surface area contributed by atoms with Crippen LogP contribution in [0.3, 0.4) is 0 Å². The first-order valence-corrected chi connectivity index (χ1v) is 14.5. The van der Waals surface area contributed by atoms with Gasteiger partial charge in [0.2, 0.25) is 0 Å². The second kappa shape index (κ2) is 12.5.